The Bertz CT molecular complexity index is 591. The van der Waals surface area contributed by atoms with E-state index in [1.54, 1.807) is 26.0 Å². The van der Waals surface area contributed by atoms with Crippen LogP contribution in [0.5, 0.6) is 5.75 Å². The minimum Gasteiger partial charge on any atom is -0.486 e. The maximum atomic E-state index is 14.3. The fourth-order valence-electron chi connectivity index (χ4n) is 1.85. The first-order valence-corrected chi connectivity index (χ1v) is 7.06. The van der Waals surface area contributed by atoms with Gasteiger partial charge in [-0.15, -0.1) is 0 Å². The molecule has 2 aromatic rings. The average Bonchev–Trinajstić information content (AvgIpc) is 2.39. The molecular weight excluding hydrogens is 323 g/mol. The van der Waals surface area contributed by atoms with E-state index in [-0.39, 0.29) is 17.9 Å². The Morgan fingerprint density at radius 2 is 1.85 bits per heavy atom. The van der Waals surface area contributed by atoms with Crippen molar-refractivity contribution in [3.8, 4) is 5.75 Å². The third-order valence-electron chi connectivity index (χ3n) is 2.90. The Balaban J connectivity index is 2.26. The van der Waals surface area contributed by atoms with Gasteiger partial charge < -0.3 is 9.84 Å². The molecule has 0 aliphatic rings. The maximum Gasteiger partial charge on any atom is 0.171 e. The van der Waals surface area contributed by atoms with E-state index in [0.29, 0.717) is 4.47 Å². The van der Waals surface area contributed by atoms with E-state index < -0.39 is 11.4 Å². The van der Waals surface area contributed by atoms with Crippen LogP contribution in [0.1, 0.15) is 25.0 Å². The summed E-state index contributed by atoms with van der Waals surface area (Å²) in [6, 6.07) is 12.7. The van der Waals surface area contributed by atoms with Gasteiger partial charge in [-0.1, -0.05) is 46.3 Å². The standard InChI is InChI=1S/C16H16BrFO2/c1-16(2,19)13-8-12(17)9-14(15(13)18)20-10-11-6-4-3-5-7-11/h3-9,19H,10H2,1-2H3. The van der Waals surface area contributed by atoms with Gasteiger partial charge in [0, 0.05) is 10.0 Å². The van der Waals surface area contributed by atoms with Crippen LogP contribution in [-0.4, -0.2) is 5.11 Å². The summed E-state index contributed by atoms with van der Waals surface area (Å²) in [5, 5.41) is 9.99. The summed E-state index contributed by atoms with van der Waals surface area (Å²) in [7, 11) is 0. The highest BCUT2D eigenvalue weighted by molar-refractivity contribution is 9.10. The highest BCUT2D eigenvalue weighted by Crippen LogP contribution is 2.33. The zero-order valence-corrected chi connectivity index (χ0v) is 12.9. The molecular formula is C16H16BrFO2. The first kappa shape index (κ1) is 15.0. The molecule has 0 aliphatic carbocycles. The zero-order chi connectivity index (χ0) is 14.8. The topological polar surface area (TPSA) is 29.5 Å². The lowest BCUT2D eigenvalue weighted by atomic mass is 9.97. The van der Waals surface area contributed by atoms with Gasteiger partial charge in [-0.05, 0) is 31.5 Å². The van der Waals surface area contributed by atoms with E-state index in [4.69, 9.17) is 4.74 Å². The molecule has 0 saturated carbocycles. The first-order chi connectivity index (χ1) is 9.38. The number of benzene rings is 2. The molecule has 0 unspecified atom stereocenters. The molecule has 0 aliphatic heterocycles. The van der Waals surface area contributed by atoms with E-state index in [1.807, 2.05) is 30.3 Å². The van der Waals surface area contributed by atoms with Crippen molar-refractivity contribution in [1.82, 2.24) is 0 Å². The second kappa shape index (κ2) is 5.94. The van der Waals surface area contributed by atoms with E-state index in [9.17, 15) is 9.50 Å². The summed E-state index contributed by atoms with van der Waals surface area (Å²) < 4.78 is 20.5. The van der Waals surface area contributed by atoms with Gasteiger partial charge in [0.25, 0.3) is 0 Å². The van der Waals surface area contributed by atoms with E-state index in [1.165, 1.54) is 0 Å². The molecule has 106 valence electrons. The smallest absolute Gasteiger partial charge is 0.171 e. The van der Waals surface area contributed by atoms with Gasteiger partial charge in [-0.3, -0.25) is 0 Å². The third-order valence-corrected chi connectivity index (χ3v) is 3.36. The summed E-state index contributed by atoms with van der Waals surface area (Å²) in [5.74, 6) is -0.406. The molecule has 4 heteroatoms. The van der Waals surface area contributed by atoms with E-state index in [0.717, 1.165) is 5.56 Å². The van der Waals surface area contributed by atoms with Crippen molar-refractivity contribution in [2.45, 2.75) is 26.1 Å². The van der Waals surface area contributed by atoms with Gasteiger partial charge in [0.15, 0.2) is 11.6 Å². The molecule has 1 N–H and O–H groups in total. The van der Waals surface area contributed by atoms with Crippen molar-refractivity contribution in [2.24, 2.45) is 0 Å². The quantitative estimate of drug-likeness (QED) is 0.895. The lowest BCUT2D eigenvalue weighted by molar-refractivity contribution is 0.0736. The molecule has 0 bridgehead atoms. The Hall–Kier alpha value is -1.39. The fourth-order valence-corrected chi connectivity index (χ4v) is 2.29. The Labute approximate surface area is 126 Å². The van der Waals surface area contributed by atoms with E-state index in [2.05, 4.69) is 15.9 Å². The highest BCUT2D eigenvalue weighted by atomic mass is 79.9. The molecule has 2 rings (SSSR count). The third kappa shape index (κ3) is 3.58. The number of aliphatic hydroxyl groups is 1. The number of rotatable bonds is 4. The summed E-state index contributed by atoms with van der Waals surface area (Å²) >= 11 is 3.31. The van der Waals surface area contributed by atoms with Crippen LogP contribution in [0.15, 0.2) is 46.9 Å². The van der Waals surface area contributed by atoms with Crippen molar-refractivity contribution in [1.29, 1.82) is 0 Å². The van der Waals surface area contributed by atoms with Crippen LogP contribution in [0.3, 0.4) is 0 Å². The largest absolute Gasteiger partial charge is 0.486 e. The van der Waals surface area contributed by atoms with Crippen molar-refractivity contribution >= 4 is 15.9 Å². The minimum absolute atomic E-state index is 0.125. The van der Waals surface area contributed by atoms with Gasteiger partial charge in [0.05, 0.1) is 5.60 Å². The van der Waals surface area contributed by atoms with Gasteiger partial charge in [-0.25, -0.2) is 4.39 Å². The molecule has 2 aromatic carbocycles. The lowest BCUT2D eigenvalue weighted by Crippen LogP contribution is -2.18. The molecule has 0 amide bonds. The first-order valence-electron chi connectivity index (χ1n) is 6.26. The molecule has 0 spiro atoms. The molecule has 0 heterocycles. The summed E-state index contributed by atoms with van der Waals surface area (Å²) in [5.41, 5.74) is -0.106. The Morgan fingerprint density at radius 3 is 2.45 bits per heavy atom. The van der Waals surface area contributed by atoms with Gasteiger partial charge in [-0.2, -0.15) is 0 Å². The lowest BCUT2D eigenvalue weighted by Gasteiger charge is -2.20. The minimum atomic E-state index is -1.27. The number of hydrogen-bond donors (Lipinski definition) is 1. The maximum absolute atomic E-state index is 14.3. The Kier molecular flexibility index (Phi) is 4.45. The molecule has 20 heavy (non-hydrogen) atoms. The van der Waals surface area contributed by atoms with Crippen molar-refractivity contribution in [3.05, 3.63) is 63.9 Å². The normalized spacial score (nSPS) is 11.4. The summed E-state index contributed by atoms with van der Waals surface area (Å²) in [6.07, 6.45) is 0. The van der Waals surface area contributed by atoms with Gasteiger partial charge in [0.1, 0.15) is 6.61 Å². The Morgan fingerprint density at radius 1 is 1.20 bits per heavy atom. The van der Waals surface area contributed by atoms with Crippen LogP contribution in [0.4, 0.5) is 4.39 Å². The molecule has 0 fully saturated rings. The summed E-state index contributed by atoms with van der Waals surface area (Å²) in [4.78, 5) is 0. The van der Waals surface area contributed by atoms with E-state index >= 15 is 0 Å². The molecule has 0 aromatic heterocycles. The van der Waals surface area contributed by atoms with Crippen molar-refractivity contribution < 1.29 is 14.2 Å². The zero-order valence-electron chi connectivity index (χ0n) is 11.4. The second-order valence-corrected chi connectivity index (χ2v) is 6.01. The number of ether oxygens (including phenoxy) is 1. The second-order valence-electron chi connectivity index (χ2n) is 5.10. The highest BCUT2D eigenvalue weighted by Gasteiger charge is 2.24. The van der Waals surface area contributed by atoms with Crippen molar-refractivity contribution in [3.63, 3.8) is 0 Å². The van der Waals surface area contributed by atoms with Crippen LogP contribution >= 0.6 is 15.9 Å². The number of halogens is 2. The molecule has 0 saturated heterocycles. The van der Waals surface area contributed by atoms with Crippen LogP contribution in [0.2, 0.25) is 0 Å². The van der Waals surface area contributed by atoms with Gasteiger partial charge >= 0.3 is 0 Å². The fraction of sp³-hybridized carbons (Fsp3) is 0.250. The van der Waals surface area contributed by atoms with Crippen LogP contribution in [-0.2, 0) is 12.2 Å². The summed E-state index contributed by atoms with van der Waals surface area (Å²) in [6.45, 7) is 3.36. The van der Waals surface area contributed by atoms with Crippen LogP contribution in [0, 0.1) is 5.82 Å². The monoisotopic (exact) mass is 338 g/mol. The predicted octanol–water partition coefficient (Wildman–Crippen LogP) is 4.39. The molecule has 0 atom stereocenters. The van der Waals surface area contributed by atoms with Gasteiger partial charge in [0.2, 0.25) is 0 Å². The average molecular weight is 339 g/mol. The number of hydrogen-bond acceptors (Lipinski definition) is 2. The molecule has 2 nitrogen and oxygen atoms in total. The van der Waals surface area contributed by atoms with Crippen LogP contribution in [0.25, 0.3) is 0 Å². The molecule has 0 radical (unpaired) electrons. The van der Waals surface area contributed by atoms with Crippen LogP contribution < -0.4 is 4.74 Å². The van der Waals surface area contributed by atoms with Crippen molar-refractivity contribution in [2.75, 3.05) is 0 Å². The predicted molar refractivity (Wildman–Crippen MR) is 80.1 cm³/mol. The SMILES string of the molecule is CC(C)(O)c1cc(Br)cc(OCc2ccccc2)c1F.